The fourth-order valence-electron chi connectivity index (χ4n) is 0.892. The monoisotopic (exact) mass is 215 g/mol. The van der Waals surface area contributed by atoms with E-state index in [1.54, 1.807) is 14.0 Å². The van der Waals surface area contributed by atoms with Gasteiger partial charge in [0.15, 0.2) is 0 Å². The molecule has 15 heavy (non-hydrogen) atoms. The number of hydrogen-bond acceptors (Lipinski definition) is 4. The van der Waals surface area contributed by atoms with Crippen LogP contribution in [0.4, 0.5) is 0 Å². The van der Waals surface area contributed by atoms with Crippen molar-refractivity contribution in [3.63, 3.8) is 0 Å². The predicted octanol–water partition coefficient (Wildman–Crippen LogP) is 1.12. The third-order valence-electron chi connectivity index (χ3n) is 2.01. The molecule has 0 aliphatic carbocycles. The molecule has 0 amide bonds. The second-order valence-corrected chi connectivity index (χ2v) is 3.89. The molecule has 0 saturated heterocycles. The van der Waals surface area contributed by atoms with Crippen molar-refractivity contribution in [2.24, 2.45) is 0 Å². The van der Waals surface area contributed by atoms with Crippen molar-refractivity contribution in [2.45, 2.75) is 26.4 Å². The molecule has 0 rings (SSSR count). The fourth-order valence-corrected chi connectivity index (χ4v) is 0.892. The van der Waals surface area contributed by atoms with Crippen LogP contribution < -0.4 is 5.32 Å². The number of nitrogens with one attached hydrogen (secondary N) is 1. The number of rotatable bonds is 7. The van der Waals surface area contributed by atoms with Crippen molar-refractivity contribution in [3.05, 3.63) is 12.2 Å². The second-order valence-electron chi connectivity index (χ2n) is 3.89. The van der Waals surface area contributed by atoms with Gasteiger partial charge < -0.3 is 14.8 Å². The van der Waals surface area contributed by atoms with Gasteiger partial charge in [-0.2, -0.15) is 0 Å². The van der Waals surface area contributed by atoms with Crippen molar-refractivity contribution in [3.8, 4) is 0 Å². The molecule has 0 unspecified atom stereocenters. The minimum atomic E-state index is -0.347. The first-order chi connectivity index (χ1) is 6.93. The highest BCUT2D eigenvalue weighted by atomic mass is 16.5. The summed E-state index contributed by atoms with van der Waals surface area (Å²) in [5.74, 6) is -0.347. The van der Waals surface area contributed by atoms with Gasteiger partial charge in [-0.1, -0.05) is 6.58 Å². The van der Waals surface area contributed by atoms with Gasteiger partial charge in [-0.15, -0.1) is 0 Å². The van der Waals surface area contributed by atoms with E-state index < -0.39 is 0 Å². The largest absolute Gasteiger partial charge is 0.463 e. The Morgan fingerprint density at radius 1 is 1.47 bits per heavy atom. The quantitative estimate of drug-likeness (QED) is 0.510. The van der Waals surface area contributed by atoms with Gasteiger partial charge in [0, 0.05) is 25.8 Å². The van der Waals surface area contributed by atoms with Crippen molar-refractivity contribution < 1.29 is 14.3 Å². The number of esters is 1. The van der Waals surface area contributed by atoms with Crippen molar-refractivity contribution in [1.82, 2.24) is 5.32 Å². The first kappa shape index (κ1) is 14.1. The molecule has 0 radical (unpaired) electrons. The lowest BCUT2D eigenvalue weighted by atomic mass is 10.1. The van der Waals surface area contributed by atoms with Crippen molar-refractivity contribution >= 4 is 5.97 Å². The van der Waals surface area contributed by atoms with Crippen molar-refractivity contribution in [1.29, 1.82) is 0 Å². The molecule has 0 saturated carbocycles. The van der Waals surface area contributed by atoms with E-state index in [2.05, 4.69) is 11.9 Å². The number of carbonyl (C=O) groups is 1. The summed E-state index contributed by atoms with van der Waals surface area (Å²) in [7, 11) is 1.65. The van der Waals surface area contributed by atoms with Gasteiger partial charge in [0.05, 0.1) is 12.2 Å². The van der Waals surface area contributed by atoms with Crippen LogP contribution in [0.1, 0.15) is 20.8 Å². The SMILES string of the molecule is C=C(CNCC(C)(C)OC)C(=O)OCC. The van der Waals surface area contributed by atoms with E-state index in [1.807, 2.05) is 13.8 Å². The number of carbonyl (C=O) groups excluding carboxylic acids is 1. The second kappa shape index (κ2) is 6.58. The van der Waals surface area contributed by atoms with Gasteiger partial charge in [0.2, 0.25) is 0 Å². The summed E-state index contributed by atoms with van der Waals surface area (Å²) in [6.45, 7) is 10.8. The van der Waals surface area contributed by atoms with Crippen LogP contribution in [0.5, 0.6) is 0 Å². The maximum atomic E-state index is 11.2. The third-order valence-corrected chi connectivity index (χ3v) is 2.01. The predicted molar refractivity (Wildman–Crippen MR) is 59.7 cm³/mol. The average Bonchev–Trinajstić information content (AvgIpc) is 2.18. The zero-order chi connectivity index (χ0) is 11.9. The molecule has 0 bridgehead atoms. The van der Waals surface area contributed by atoms with Crippen LogP contribution in [0.3, 0.4) is 0 Å². The number of methoxy groups -OCH3 is 1. The first-order valence-electron chi connectivity index (χ1n) is 5.03. The van der Waals surface area contributed by atoms with Crippen LogP contribution >= 0.6 is 0 Å². The molecule has 0 heterocycles. The molecule has 88 valence electrons. The molecule has 4 heteroatoms. The highest BCUT2D eigenvalue weighted by Gasteiger charge is 2.16. The highest BCUT2D eigenvalue weighted by Crippen LogP contribution is 2.04. The number of hydrogen-bond donors (Lipinski definition) is 1. The molecule has 1 N–H and O–H groups in total. The third kappa shape index (κ3) is 6.25. The minimum absolute atomic E-state index is 0.241. The normalized spacial score (nSPS) is 11.2. The Bertz CT molecular complexity index is 224. The van der Waals surface area contributed by atoms with Crippen LogP contribution in [0, 0.1) is 0 Å². The average molecular weight is 215 g/mol. The Kier molecular flexibility index (Phi) is 6.20. The molecule has 0 aliphatic heterocycles. The summed E-state index contributed by atoms with van der Waals surface area (Å²) in [5.41, 5.74) is 0.193. The maximum Gasteiger partial charge on any atom is 0.334 e. The van der Waals surface area contributed by atoms with E-state index in [1.165, 1.54) is 0 Å². The van der Waals surface area contributed by atoms with Crippen LogP contribution in [-0.4, -0.2) is 38.4 Å². The molecule has 0 spiro atoms. The summed E-state index contributed by atoms with van der Waals surface area (Å²) in [4.78, 5) is 11.2. The van der Waals surface area contributed by atoms with E-state index >= 15 is 0 Å². The van der Waals surface area contributed by atoms with Gasteiger partial charge >= 0.3 is 5.97 Å². The molecule has 0 aromatic carbocycles. The Balaban J connectivity index is 3.77. The summed E-state index contributed by atoms with van der Waals surface area (Å²) in [6.07, 6.45) is 0. The molecular formula is C11H21NO3. The fraction of sp³-hybridized carbons (Fsp3) is 0.727. The van der Waals surface area contributed by atoms with Gasteiger partial charge in [-0.3, -0.25) is 0 Å². The summed E-state index contributed by atoms with van der Waals surface area (Å²) in [6, 6.07) is 0. The standard InChI is InChI=1S/C11H21NO3/c1-6-15-10(13)9(2)7-12-8-11(3,4)14-5/h12H,2,6-8H2,1,3-5H3. The molecule has 0 aliphatic rings. The van der Waals surface area contributed by atoms with Gasteiger partial charge in [-0.25, -0.2) is 4.79 Å². The van der Waals surface area contributed by atoms with Crippen LogP contribution in [0.15, 0.2) is 12.2 Å². The maximum absolute atomic E-state index is 11.2. The van der Waals surface area contributed by atoms with Crippen LogP contribution in [-0.2, 0) is 14.3 Å². The smallest absolute Gasteiger partial charge is 0.334 e. The summed E-state index contributed by atoms with van der Waals surface area (Å²) < 4.78 is 10.0. The highest BCUT2D eigenvalue weighted by molar-refractivity contribution is 5.88. The lowest BCUT2D eigenvalue weighted by molar-refractivity contribution is -0.138. The first-order valence-corrected chi connectivity index (χ1v) is 5.03. The van der Waals surface area contributed by atoms with E-state index in [4.69, 9.17) is 9.47 Å². The molecule has 0 atom stereocenters. The summed E-state index contributed by atoms with van der Waals surface area (Å²) >= 11 is 0. The van der Waals surface area contributed by atoms with Gasteiger partial charge in [0.25, 0.3) is 0 Å². The Morgan fingerprint density at radius 3 is 2.53 bits per heavy atom. The molecule has 0 aromatic rings. The Labute approximate surface area is 91.6 Å². The van der Waals surface area contributed by atoms with Gasteiger partial charge in [-0.05, 0) is 20.8 Å². The number of ether oxygens (including phenoxy) is 2. The zero-order valence-electron chi connectivity index (χ0n) is 10.1. The van der Waals surface area contributed by atoms with Crippen molar-refractivity contribution in [2.75, 3.05) is 26.8 Å². The van der Waals surface area contributed by atoms with E-state index in [-0.39, 0.29) is 11.6 Å². The lowest BCUT2D eigenvalue weighted by Gasteiger charge is -2.23. The molecular weight excluding hydrogens is 194 g/mol. The van der Waals surface area contributed by atoms with E-state index in [0.29, 0.717) is 25.3 Å². The minimum Gasteiger partial charge on any atom is -0.463 e. The molecule has 4 nitrogen and oxygen atoms in total. The topological polar surface area (TPSA) is 47.6 Å². The van der Waals surface area contributed by atoms with Gasteiger partial charge in [0.1, 0.15) is 0 Å². The Morgan fingerprint density at radius 2 is 2.07 bits per heavy atom. The van der Waals surface area contributed by atoms with E-state index in [9.17, 15) is 4.79 Å². The van der Waals surface area contributed by atoms with E-state index in [0.717, 1.165) is 0 Å². The Hall–Kier alpha value is -0.870. The molecule has 0 aromatic heterocycles. The lowest BCUT2D eigenvalue weighted by Crippen LogP contribution is -2.38. The summed E-state index contributed by atoms with van der Waals surface area (Å²) in [5, 5.41) is 3.09. The zero-order valence-corrected chi connectivity index (χ0v) is 10.1. The molecule has 0 fully saturated rings. The van der Waals surface area contributed by atoms with Crippen LogP contribution in [0.25, 0.3) is 0 Å². The van der Waals surface area contributed by atoms with Crippen LogP contribution in [0.2, 0.25) is 0 Å².